The molecule has 0 radical (unpaired) electrons. The molecule has 1 aromatic carbocycles. The van der Waals surface area contributed by atoms with Gasteiger partial charge in [-0.15, -0.1) is 12.4 Å². The van der Waals surface area contributed by atoms with Crippen molar-refractivity contribution in [2.24, 2.45) is 11.7 Å². The second-order valence-corrected chi connectivity index (χ2v) is 5.96. The van der Waals surface area contributed by atoms with Crippen molar-refractivity contribution < 1.29 is 9.53 Å². The first-order valence-corrected chi connectivity index (χ1v) is 7.32. The average molecular weight is 350 g/mol. The van der Waals surface area contributed by atoms with Gasteiger partial charge in [0.15, 0.2) is 0 Å². The maximum atomic E-state index is 11.9. The number of nitrogens with zero attached hydrogens (tertiary/aromatic N) is 1. The summed E-state index contributed by atoms with van der Waals surface area (Å²) in [6, 6.07) is 4.62. The first-order chi connectivity index (χ1) is 9.81. The van der Waals surface area contributed by atoms with Crippen LogP contribution in [0.25, 0.3) is 0 Å². The summed E-state index contributed by atoms with van der Waals surface area (Å²) in [5, 5.41) is 3.22. The number of nitrogens with two attached hydrogens (primary N) is 1. The maximum absolute atomic E-state index is 11.9. The zero-order chi connectivity index (χ0) is 16.0. The van der Waals surface area contributed by atoms with Gasteiger partial charge in [-0.05, 0) is 38.2 Å². The van der Waals surface area contributed by atoms with Crippen molar-refractivity contribution in [1.82, 2.24) is 4.90 Å². The zero-order valence-electron chi connectivity index (χ0n) is 13.4. The molecule has 1 rings (SSSR count). The van der Waals surface area contributed by atoms with Gasteiger partial charge < -0.3 is 20.7 Å². The second kappa shape index (κ2) is 9.90. The number of anilines is 1. The fourth-order valence-corrected chi connectivity index (χ4v) is 1.80. The minimum Gasteiger partial charge on any atom is -0.491 e. The first kappa shape index (κ1) is 21.0. The van der Waals surface area contributed by atoms with Crippen LogP contribution < -0.4 is 15.8 Å². The van der Waals surface area contributed by atoms with Crippen molar-refractivity contribution in [1.29, 1.82) is 0 Å². The van der Waals surface area contributed by atoms with Gasteiger partial charge in [0.25, 0.3) is 0 Å². The molecule has 0 bridgehead atoms. The number of carbonyl (C=O) groups excluding carboxylic acids is 1. The lowest BCUT2D eigenvalue weighted by Crippen LogP contribution is -2.39. The molecule has 1 atom stereocenters. The van der Waals surface area contributed by atoms with Crippen molar-refractivity contribution in [2.75, 3.05) is 32.6 Å². The van der Waals surface area contributed by atoms with Crippen molar-refractivity contribution in [3.63, 3.8) is 0 Å². The predicted molar refractivity (Wildman–Crippen MR) is 94.2 cm³/mol. The van der Waals surface area contributed by atoms with Crippen LogP contribution in [0.4, 0.5) is 5.69 Å². The van der Waals surface area contributed by atoms with Gasteiger partial charge in [0, 0.05) is 12.2 Å². The van der Waals surface area contributed by atoms with Crippen LogP contribution >= 0.6 is 24.0 Å². The highest BCUT2D eigenvalue weighted by Crippen LogP contribution is 2.27. The molecule has 126 valence electrons. The summed E-state index contributed by atoms with van der Waals surface area (Å²) >= 11 is 6.15. The Labute approximate surface area is 143 Å². The average Bonchev–Trinajstić information content (AvgIpc) is 2.39. The third-order valence-corrected chi connectivity index (χ3v) is 3.31. The summed E-state index contributed by atoms with van der Waals surface area (Å²) in [7, 11) is 3.95. The quantitative estimate of drug-likeness (QED) is 0.793. The number of likely N-dealkylation sites (N-methyl/N-ethyl adjacent to an activating group) is 1. The summed E-state index contributed by atoms with van der Waals surface area (Å²) in [4.78, 5) is 13.9. The lowest BCUT2D eigenvalue weighted by Gasteiger charge is -2.16. The molecule has 0 saturated heterocycles. The number of hydrogen-bond acceptors (Lipinski definition) is 4. The number of ether oxygens (including phenoxy) is 1. The Kier molecular flexibility index (Phi) is 9.44. The molecule has 1 aromatic rings. The molecule has 1 amide bonds. The highest BCUT2D eigenvalue weighted by molar-refractivity contribution is 6.32. The van der Waals surface area contributed by atoms with Gasteiger partial charge in [0.2, 0.25) is 5.91 Å². The standard InChI is InChI=1S/C15H24ClN3O2.ClH/c1-10(2)14(17)15(20)18-11-5-6-13(12(16)9-11)21-8-7-19(3)4;/h5-6,9-10,14H,7-8,17H2,1-4H3,(H,18,20);1H/t14-;/m0./s1. The number of rotatable bonds is 7. The minimum atomic E-state index is -0.542. The molecule has 0 heterocycles. The molecule has 0 aliphatic carbocycles. The SMILES string of the molecule is CC(C)[C@H](N)C(=O)Nc1ccc(OCCN(C)C)c(Cl)c1.Cl. The Morgan fingerprint density at radius 2 is 2.05 bits per heavy atom. The first-order valence-electron chi connectivity index (χ1n) is 6.94. The van der Waals surface area contributed by atoms with Crippen LogP contribution in [0.15, 0.2) is 18.2 Å². The van der Waals surface area contributed by atoms with Crippen molar-refractivity contribution >= 4 is 35.6 Å². The fourth-order valence-electron chi connectivity index (χ4n) is 1.56. The van der Waals surface area contributed by atoms with E-state index >= 15 is 0 Å². The van der Waals surface area contributed by atoms with E-state index in [0.717, 1.165) is 6.54 Å². The fraction of sp³-hybridized carbons (Fsp3) is 0.533. The smallest absolute Gasteiger partial charge is 0.241 e. The van der Waals surface area contributed by atoms with E-state index in [9.17, 15) is 4.79 Å². The van der Waals surface area contributed by atoms with Crippen LogP contribution in [-0.2, 0) is 4.79 Å². The van der Waals surface area contributed by atoms with E-state index in [1.165, 1.54) is 0 Å². The van der Waals surface area contributed by atoms with Gasteiger partial charge >= 0.3 is 0 Å². The molecule has 5 nitrogen and oxygen atoms in total. The van der Waals surface area contributed by atoms with Gasteiger partial charge in [-0.25, -0.2) is 0 Å². The van der Waals surface area contributed by atoms with E-state index in [1.54, 1.807) is 18.2 Å². The number of carbonyl (C=O) groups is 1. The maximum Gasteiger partial charge on any atom is 0.241 e. The summed E-state index contributed by atoms with van der Waals surface area (Å²) in [5.74, 6) is 0.459. The van der Waals surface area contributed by atoms with Crippen molar-refractivity contribution in [3.8, 4) is 5.75 Å². The summed E-state index contributed by atoms with van der Waals surface area (Å²) in [6.45, 7) is 5.16. The predicted octanol–water partition coefficient (Wildman–Crippen LogP) is 2.62. The molecule has 7 heteroatoms. The van der Waals surface area contributed by atoms with Gasteiger partial charge in [-0.1, -0.05) is 25.4 Å². The largest absolute Gasteiger partial charge is 0.491 e. The number of hydrogen-bond donors (Lipinski definition) is 2. The number of amides is 1. The molecule has 0 aliphatic rings. The molecule has 22 heavy (non-hydrogen) atoms. The lowest BCUT2D eigenvalue weighted by molar-refractivity contribution is -0.118. The van der Waals surface area contributed by atoms with Crippen molar-refractivity contribution in [2.45, 2.75) is 19.9 Å². The molecular formula is C15H25Cl2N3O2. The van der Waals surface area contributed by atoms with Gasteiger partial charge in [-0.3, -0.25) is 4.79 Å². The Hall–Kier alpha value is -1.01. The van der Waals surface area contributed by atoms with E-state index in [2.05, 4.69) is 5.32 Å². The van der Waals surface area contributed by atoms with E-state index in [0.29, 0.717) is 23.1 Å². The third-order valence-electron chi connectivity index (χ3n) is 3.02. The number of benzene rings is 1. The molecule has 3 N–H and O–H groups in total. The highest BCUT2D eigenvalue weighted by Gasteiger charge is 2.17. The van der Waals surface area contributed by atoms with Crippen molar-refractivity contribution in [3.05, 3.63) is 23.2 Å². The molecular weight excluding hydrogens is 325 g/mol. The van der Waals surface area contributed by atoms with E-state index in [-0.39, 0.29) is 24.2 Å². The number of nitrogens with one attached hydrogen (secondary N) is 1. The topological polar surface area (TPSA) is 67.6 Å². The van der Waals surface area contributed by atoms with Crippen LogP contribution in [0.1, 0.15) is 13.8 Å². The lowest BCUT2D eigenvalue weighted by atomic mass is 10.0. The highest BCUT2D eigenvalue weighted by atomic mass is 35.5. The summed E-state index contributed by atoms with van der Waals surface area (Å²) < 4.78 is 5.58. The van der Waals surface area contributed by atoms with E-state index in [1.807, 2.05) is 32.8 Å². The molecule has 0 spiro atoms. The summed E-state index contributed by atoms with van der Waals surface area (Å²) in [5.41, 5.74) is 6.41. The Morgan fingerprint density at radius 3 is 2.55 bits per heavy atom. The Balaban J connectivity index is 0.00000441. The third kappa shape index (κ3) is 6.83. The van der Waals surface area contributed by atoms with Gasteiger partial charge in [0.1, 0.15) is 12.4 Å². The second-order valence-electron chi connectivity index (χ2n) is 5.56. The van der Waals surface area contributed by atoms with E-state index in [4.69, 9.17) is 22.1 Å². The van der Waals surface area contributed by atoms with Crippen LogP contribution in [0, 0.1) is 5.92 Å². The monoisotopic (exact) mass is 349 g/mol. The van der Waals surface area contributed by atoms with Crippen LogP contribution in [0.5, 0.6) is 5.75 Å². The number of halogens is 2. The Morgan fingerprint density at radius 1 is 1.41 bits per heavy atom. The van der Waals surface area contributed by atoms with Crippen LogP contribution in [0.3, 0.4) is 0 Å². The molecule has 0 unspecified atom stereocenters. The van der Waals surface area contributed by atoms with Gasteiger partial charge in [0.05, 0.1) is 11.1 Å². The van der Waals surface area contributed by atoms with Crippen LogP contribution in [0.2, 0.25) is 5.02 Å². The van der Waals surface area contributed by atoms with E-state index < -0.39 is 6.04 Å². The minimum absolute atomic E-state index is 0. The zero-order valence-corrected chi connectivity index (χ0v) is 15.0. The van der Waals surface area contributed by atoms with Crippen LogP contribution in [-0.4, -0.2) is 44.1 Å². The van der Waals surface area contributed by atoms with Gasteiger partial charge in [-0.2, -0.15) is 0 Å². The molecule has 0 saturated carbocycles. The molecule has 0 aliphatic heterocycles. The summed E-state index contributed by atoms with van der Waals surface area (Å²) in [6.07, 6.45) is 0. The molecule has 0 aromatic heterocycles. The molecule has 0 fully saturated rings. The Bertz CT molecular complexity index is 482. The normalized spacial score (nSPS) is 12.0.